The monoisotopic (exact) mass is 367 g/mol. The van der Waals surface area contributed by atoms with E-state index in [0.29, 0.717) is 24.2 Å². The lowest BCUT2D eigenvalue weighted by atomic mass is 10.1. The predicted molar refractivity (Wildman–Crippen MR) is 105 cm³/mol. The van der Waals surface area contributed by atoms with Gasteiger partial charge in [-0.2, -0.15) is 0 Å². The predicted octanol–water partition coefficient (Wildman–Crippen LogP) is 1.77. The van der Waals surface area contributed by atoms with E-state index < -0.39 is 0 Å². The minimum absolute atomic E-state index is 0.191. The van der Waals surface area contributed by atoms with Crippen molar-refractivity contribution in [3.05, 3.63) is 59.4 Å². The molecule has 0 saturated carbocycles. The molecule has 1 aromatic carbocycles. The second kappa shape index (κ2) is 8.53. The van der Waals surface area contributed by atoms with Crippen LogP contribution in [0.25, 0.3) is 0 Å². The van der Waals surface area contributed by atoms with Crippen LogP contribution in [0, 0.1) is 0 Å². The van der Waals surface area contributed by atoms with E-state index in [-0.39, 0.29) is 11.8 Å². The van der Waals surface area contributed by atoms with Crippen molar-refractivity contribution in [2.45, 2.75) is 19.4 Å². The number of hydrogen-bond acceptors (Lipinski definition) is 3. The zero-order chi connectivity index (χ0) is 19.2. The maximum Gasteiger partial charge on any atom is 0.261 e. The largest absolute Gasteiger partial charge is 0.357 e. The van der Waals surface area contributed by atoms with Crippen LogP contribution in [0.3, 0.4) is 0 Å². The van der Waals surface area contributed by atoms with Crippen LogP contribution in [0.2, 0.25) is 0 Å². The second-order valence-electron chi connectivity index (χ2n) is 6.55. The molecule has 1 aliphatic heterocycles. The van der Waals surface area contributed by atoms with Crippen LogP contribution in [0.4, 0.5) is 0 Å². The highest BCUT2D eigenvalue weighted by atomic mass is 16.2. The van der Waals surface area contributed by atoms with Crippen LogP contribution in [-0.4, -0.2) is 47.4 Å². The van der Waals surface area contributed by atoms with Crippen molar-refractivity contribution >= 4 is 17.8 Å². The number of nitrogens with zero attached hydrogens (tertiary/aromatic N) is 3. The number of imide groups is 1. The number of benzene rings is 1. The van der Waals surface area contributed by atoms with Gasteiger partial charge in [-0.15, -0.1) is 0 Å². The first kappa shape index (κ1) is 18.7. The maximum absolute atomic E-state index is 12.3. The molecular weight excluding hydrogens is 342 g/mol. The Labute approximate surface area is 159 Å². The number of unbranched alkanes of at least 4 members (excludes halogenated alkanes) is 1. The Kier molecular flexibility index (Phi) is 5.90. The maximum atomic E-state index is 12.3. The highest BCUT2D eigenvalue weighted by molar-refractivity contribution is 6.21. The fraction of sp³-hybridized carbons (Fsp3) is 0.350. The van der Waals surface area contributed by atoms with E-state index in [1.54, 1.807) is 31.3 Å². The average Bonchev–Trinajstić information content (AvgIpc) is 3.20. The molecule has 7 heteroatoms. The van der Waals surface area contributed by atoms with Gasteiger partial charge in [-0.05, 0) is 36.6 Å². The van der Waals surface area contributed by atoms with Crippen molar-refractivity contribution in [2.75, 3.05) is 20.1 Å². The van der Waals surface area contributed by atoms with Crippen LogP contribution >= 0.6 is 0 Å². The zero-order valence-corrected chi connectivity index (χ0v) is 15.7. The van der Waals surface area contributed by atoms with E-state index in [1.807, 2.05) is 17.8 Å². The molecule has 2 aromatic rings. The molecule has 0 unspecified atom stereocenters. The molecule has 142 valence electrons. The van der Waals surface area contributed by atoms with Gasteiger partial charge in [0.15, 0.2) is 5.96 Å². The van der Waals surface area contributed by atoms with Gasteiger partial charge in [0.25, 0.3) is 11.8 Å². The van der Waals surface area contributed by atoms with E-state index in [0.717, 1.165) is 25.3 Å². The summed E-state index contributed by atoms with van der Waals surface area (Å²) in [4.78, 5) is 30.2. The Morgan fingerprint density at radius 2 is 1.74 bits per heavy atom. The van der Waals surface area contributed by atoms with Crippen LogP contribution in [0.15, 0.2) is 47.7 Å². The number of rotatable bonds is 7. The van der Waals surface area contributed by atoms with Crippen molar-refractivity contribution in [3.8, 4) is 0 Å². The Morgan fingerprint density at radius 3 is 2.33 bits per heavy atom. The zero-order valence-electron chi connectivity index (χ0n) is 15.7. The van der Waals surface area contributed by atoms with Gasteiger partial charge in [0.05, 0.1) is 11.1 Å². The molecule has 0 spiro atoms. The van der Waals surface area contributed by atoms with Crippen molar-refractivity contribution in [2.24, 2.45) is 12.0 Å². The van der Waals surface area contributed by atoms with Gasteiger partial charge in [0.1, 0.15) is 0 Å². The molecule has 2 N–H and O–H groups in total. The van der Waals surface area contributed by atoms with Gasteiger partial charge in [0.2, 0.25) is 0 Å². The number of carbonyl (C=O) groups is 2. The molecule has 0 fully saturated rings. The van der Waals surface area contributed by atoms with Crippen LogP contribution in [0.1, 0.15) is 39.1 Å². The van der Waals surface area contributed by atoms with Crippen LogP contribution < -0.4 is 10.6 Å². The van der Waals surface area contributed by atoms with E-state index >= 15 is 0 Å². The van der Waals surface area contributed by atoms with E-state index in [2.05, 4.69) is 27.9 Å². The van der Waals surface area contributed by atoms with Crippen LogP contribution in [0.5, 0.6) is 0 Å². The summed E-state index contributed by atoms with van der Waals surface area (Å²) in [5.74, 6) is 0.354. The number of carbonyl (C=O) groups excluding carboxylic acids is 2. The highest BCUT2D eigenvalue weighted by Crippen LogP contribution is 2.22. The second-order valence-corrected chi connectivity index (χ2v) is 6.55. The molecule has 0 radical (unpaired) electrons. The molecule has 1 aliphatic rings. The number of nitrogens with one attached hydrogen (secondary N) is 2. The minimum Gasteiger partial charge on any atom is -0.357 e. The molecule has 0 saturated heterocycles. The third-order valence-electron chi connectivity index (χ3n) is 4.56. The summed E-state index contributed by atoms with van der Waals surface area (Å²) in [5.41, 5.74) is 2.20. The van der Waals surface area contributed by atoms with Crippen molar-refractivity contribution in [1.82, 2.24) is 20.1 Å². The topological polar surface area (TPSA) is 78.7 Å². The number of guanidine groups is 1. The lowest BCUT2D eigenvalue weighted by Gasteiger charge is -2.14. The van der Waals surface area contributed by atoms with Crippen molar-refractivity contribution in [3.63, 3.8) is 0 Å². The summed E-state index contributed by atoms with van der Waals surface area (Å²) >= 11 is 0. The normalized spacial score (nSPS) is 13.9. The molecule has 1 aromatic heterocycles. The summed E-state index contributed by atoms with van der Waals surface area (Å²) in [6.07, 6.45) is 5.64. The molecule has 3 rings (SSSR count). The smallest absolute Gasteiger partial charge is 0.261 e. The third-order valence-corrected chi connectivity index (χ3v) is 4.56. The molecular formula is C20H25N5O2. The van der Waals surface area contributed by atoms with Gasteiger partial charge in [-0.25, -0.2) is 0 Å². The van der Waals surface area contributed by atoms with E-state index in [9.17, 15) is 9.59 Å². The van der Waals surface area contributed by atoms with Gasteiger partial charge >= 0.3 is 0 Å². The van der Waals surface area contributed by atoms with Gasteiger partial charge in [-0.3, -0.25) is 19.5 Å². The quantitative estimate of drug-likeness (QED) is 0.338. The summed E-state index contributed by atoms with van der Waals surface area (Å²) < 4.78 is 2.01. The highest BCUT2D eigenvalue weighted by Gasteiger charge is 2.34. The van der Waals surface area contributed by atoms with E-state index in [1.165, 1.54) is 10.5 Å². The summed E-state index contributed by atoms with van der Waals surface area (Å²) in [6.45, 7) is 1.86. The molecule has 7 nitrogen and oxygen atoms in total. The molecule has 27 heavy (non-hydrogen) atoms. The summed E-state index contributed by atoms with van der Waals surface area (Å²) in [5, 5.41) is 6.52. The number of amides is 2. The first-order valence-electron chi connectivity index (χ1n) is 9.10. The number of aliphatic imine (C=N–C) groups is 1. The van der Waals surface area contributed by atoms with Gasteiger partial charge < -0.3 is 15.2 Å². The third kappa shape index (κ3) is 4.36. The van der Waals surface area contributed by atoms with Gasteiger partial charge in [0, 0.05) is 46.1 Å². The van der Waals surface area contributed by atoms with Crippen LogP contribution in [-0.2, 0) is 13.6 Å². The summed E-state index contributed by atoms with van der Waals surface area (Å²) in [7, 11) is 3.73. The lowest BCUT2D eigenvalue weighted by Crippen LogP contribution is -2.37. The van der Waals surface area contributed by atoms with E-state index in [4.69, 9.17) is 0 Å². The number of fused-ring (bicyclic) bond motifs is 1. The molecule has 2 heterocycles. The average molecular weight is 367 g/mol. The van der Waals surface area contributed by atoms with Gasteiger partial charge in [-0.1, -0.05) is 12.1 Å². The van der Waals surface area contributed by atoms with Crippen molar-refractivity contribution < 1.29 is 9.59 Å². The standard InChI is InChI=1S/C20H25N5O2/c1-21-20(23-13-15-9-12-24(2)14-15)22-10-5-6-11-25-18(26)16-7-3-4-8-17(16)19(25)27/h3-4,7-9,12,14H,5-6,10-11,13H2,1-2H3,(H2,21,22,23). The first-order chi connectivity index (χ1) is 13.1. The summed E-state index contributed by atoms with van der Waals surface area (Å²) in [6, 6.07) is 9.04. The number of hydrogen-bond donors (Lipinski definition) is 2. The Hall–Kier alpha value is -3.09. The number of aromatic nitrogens is 1. The number of aryl methyl sites for hydroxylation is 1. The fourth-order valence-corrected chi connectivity index (χ4v) is 3.12. The lowest BCUT2D eigenvalue weighted by molar-refractivity contribution is 0.0652. The Balaban J connectivity index is 1.38. The molecule has 0 bridgehead atoms. The van der Waals surface area contributed by atoms with Crippen molar-refractivity contribution in [1.29, 1.82) is 0 Å². The Bertz CT molecular complexity index is 821. The Morgan fingerprint density at radius 1 is 1.04 bits per heavy atom. The molecule has 0 aliphatic carbocycles. The first-order valence-corrected chi connectivity index (χ1v) is 9.10. The minimum atomic E-state index is -0.191. The SMILES string of the molecule is CN=C(NCCCCN1C(=O)c2ccccc2C1=O)NCc1ccn(C)c1. The molecule has 2 amide bonds. The molecule has 0 atom stereocenters. The fourth-order valence-electron chi connectivity index (χ4n) is 3.12.